The van der Waals surface area contributed by atoms with Crippen molar-refractivity contribution in [3.63, 3.8) is 0 Å². The summed E-state index contributed by atoms with van der Waals surface area (Å²) in [5, 5.41) is 7.74. The predicted molar refractivity (Wildman–Crippen MR) is 91.1 cm³/mol. The lowest BCUT2D eigenvalue weighted by Crippen LogP contribution is -2.42. The maximum absolute atomic E-state index is 5.55. The average Bonchev–Trinajstić information content (AvgIpc) is 3.01. The van der Waals surface area contributed by atoms with E-state index in [0.29, 0.717) is 6.04 Å². The van der Waals surface area contributed by atoms with Crippen LogP contribution in [0.1, 0.15) is 43.3 Å². The maximum Gasteiger partial charge on any atom is 0.191 e. The van der Waals surface area contributed by atoms with Crippen molar-refractivity contribution in [3.8, 4) is 0 Å². The molecule has 0 bridgehead atoms. The van der Waals surface area contributed by atoms with Crippen molar-refractivity contribution in [2.24, 2.45) is 4.99 Å². The van der Waals surface area contributed by atoms with Crippen LogP contribution in [0.2, 0.25) is 0 Å². The Labute approximate surface area is 132 Å². The molecule has 0 spiro atoms. The zero-order chi connectivity index (χ0) is 15.2. The summed E-state index contributed by atoms with van der Waals surface area (Å²) >= 11 is 2.08. The summed E-state index contributed by atoms with van der Waals surface area (Å²) in [5.41, 5.74) is 1.20. The van der Waals surface area contributed by atoms with Gasteiger partial charge in [-0.15, -0.1) is 0 Å². The third kappa shape index (κ3) is 4.70. The normalized spacial score (nSPS) is 22.6. The molecule has 2 unspecified atom stereocenters. The Morgan fingerprint density at radius 2 is 2.24 bits per heavy atom. The molecule has 2 N–H and O–H groups in total. The summed E-state index contributed by atoms with van der Waals surface area (Å²) < 4.78 is 5.55. The minimum atomic E-state index is 0.549. The van der Waals surface area contributed by atoms with E-state index in [9.17, 15) is 0 Å². The van der Waals surface area contributed by atoms with Crippen LogP contribution in [0, 0.1) is 13.8 Å². The fourth-order valence-electron chi connectivity index (χ4n) is 2.88. The molecule has 118 valence electrons. The molecule has 2 atom stereocenters. The Balaban J connectivity index is 1.80. The van der Waals surface area contributed by atoms with Crippen LogP contribution in [0.5, 0.6) is 0 Å². The van der Waals surface area contributed by atoms with E-state index >= 15 is 0 Å². The SMILES string of the molecule is CCSC1CCC(NC(=NC)NCc2cc(C)oc2C)C1. The lowest BCUT2D eigenvalue weighted by atomic mass is 10.2. The minimum absolute atomic E-state index is 0.549. The Kier molecular flexibility index (Phi) is 6.03. The van der Waals surface area contributed by atoms with Gasteiger partial charge in [0.1, 0.15) is 11.5 Å². The largest absolute Gasteiger partial charge is 0.466 e. The summed E-state index contributed by atoms with van der Waals surface area (Å²) in [5.74, 6) is 4.04. The van der Waals surface area contributed by atoms with E-state index < -0.39 is 0 Å². The van der Waals surface area contributed by atoms with E-state index in [-0.39, 0.29) is 0 Å². The number of nitrogens with one attached hydrogen (secondary N) is 2. The number of thioether (sulfide) groups is 1. The Morgan fingerprint density at radius 3 is 2.86 bits per heavy atom. The van der Waals surface area contributed by atoms with Gasteiger partial charge in [-0.2, -0.15) is 11.8 Å². The Morgan fingerprint density at radius 1 is 1.43 bits per heavy atom. The van der Waals surface area contributed by atoms with Gasteiger partial charge in [0.05, 0.1) is 0 Å². The number of guanidine groups is 1. The molecule has 0 saturated heterocycles. The van der Waals surface area contributed by atoms with E-state index in [2.05, 4.69) is 40.4 Å². The van der Waals surface area contributed by atoms with E-state index in [1.54, 1.807) is 0 Å². The number of nitrogens with zero attached hydrogens (tertiary/aromatic N) is 1. The molecule has 0 amide bonds. The van der Waals surface area contributed by atoms with E-state index in [1.807, 2.05) is 20.9 Å². The molecule has 21 heavy (non-hydrogen) atoms. The van der Waals surface area contributed by atoms with E-state index in [0.717, 1.165) is 29.3 Å². The molecule has 1 aromatic rings. The molecule has 1 aliphatic carbocycles. The van der Waals surface area contributed by atoms with Crippen molar-refractivity contribution in [1.82, 2.24) is 10.6 Å². The average molecular weight is 309 g/mol. The lowest BCUT2D eigenvalue weighted by molar-refractivity contribution is 0.500. The van der Waals surface area contributed by atoms with Gasteiger partial charge in [-0.25, -0.2) is 0 Å². The molecule has 0 radical (unpaired) electrons. The molecule has 1 saturated carbocycles. The summed E-state index contributed by atoms with van der Waals surface area (Å²) in [6.45, 7) is 6.97. The van der Waals surface area contributed by atoms with Gasteiger partial charge in [0.25, 0.3) is 0 Å². The maximum atomic E-state index is 5.55. The van der Waals surface area contributed by atoms with E-state index in [1.165, 1.54) is 30.6 Å². The van der Waals surface area contributed by atoms with Crippen LogP contribution < -0.4 is 10.6 Å². The molecule has 1 heterocycles. The predicted octanol–water partition coefficient (Wildman–Crippen LogP) is 3.24. The first kappa shape index (κ1) is 16.3. The molecule has 2 rings (SSSR count). The number of aliphatic imine (C=N–C) groups is 1. The third-order valence-electron chi connectivity index (χ3n) is 3.94. The van der Waals surface area contributed by atoms with Crippen molar-refractivity contribution >= 4 is 17.7 Å². The second-order valence-electron chi connectivity index (χ2n) is 5.60. The molecular formula is C16H27N3OS. The highest BCUT2D eigenvalue weighted by atomic mass is 32.2. The first-order valence-electron chi connectivity index (χ1n) is 7.77. The third-order valence-corrected chi connectivity index (χ3v) is 5.17. The van der Waals surface area contributed by atoms with Crippen LogP contribution in [0.15, 0.2) is 15.5 Å². The fourth-order valence-corrected chi connectivity index (χ4v) is 4.03. The first-order chi connectivity index (χ1) is 10.1. The van der Waals surface area contributed by atoms with Gasteiger partial charge in [-0.05, 0) is 44.9 Å². The fraction of sp³-hybridized carbons (Fsp3) is 0.688. The zero-order valence-corrected chi connectivity index (χ0v) is 14.3. The standard InChI is InChI=1S/C16H27N3OS/c1-5-21-15-7-6-14(9-15)19-16(17-4)18-10-13-8-11(2)20-12(13)3/h8,14-15H,5-7,9-10H2,1-4H3,(H2,17,18,19). The second kappa shape index (κ2) is 7.78. The van der Waals surface area contributed by atoms with Gasteiger partial charge < -0.3 is 15.1 Å². The highest BCUT2D eigenvalue weighted by molar-refractivity contribution is 7.99. The topological polar surface area (TPSA) is 49.6 Å². The van der Waals surface area contributed by atoms with Crippen LogP contribution >= 0.6 is 11.8 Å². The van der Waals surface area contributed by atoms with Crippen LogP contribution in [0.4, 0.5) is 0 Å². The van der Waals surface area contributed by atoms with Gasteiger partial charge >= 0.3 is 0 Å². The van der Waals surface area contributed by atoms with Crippen molar-refractivity contribution in [2.45, 2.75) is 57.9 Å². The summed E-state index contributed by atoms with van der Waals surface area (Å²) in [7, 11) is 1.83. The number of rotatable bonds is 5. The lowest BCUT2D eigenvalue weighted by Gasteiger charge is -2.17. The van der Waals surface area contributed by atoms with Crippen molar-refractivity contribution in [3.05, 3.63) is 23.2 Å². The molecule has 1 aromatic heterocycles. The summed E-state index contributed by atoms with van der Waals surface area (Å²) in [4.78, 5) is 4.33. The van der Waals surface area contributed by atoms with Gasteiger partial charge in [-0.1, -0.05) is 6.92 Å². The number of hydrogen-bond donors (Lipinski definition) is 2. The summed E-state index contributed by atoms with van der Waals surface area (Å²) in [6.07, 6.45) is 3.79. The first-order valence-corrected chi connectivity index (χ1v) is 8.82. The smallest absolute Gasteiger partial charge is 0.191 e. The van der Waals surface area contributed by atoms with Crippen LogP contribution in [-0.2, 0) is 6.54 Å². The number of hydrogen-bond acceptors (Lipinski definition) is 3. The highest BCUT2D eigenvalue weighted by Crippen LogP contribution is 2.29. The van der Waals surface area contributed by atoms with E-state index in [4.69, 9.17) is 4.42 Å². The quantitative estimate of drug-likeness (QED) is 0.647. The van der Waals surface area contributed by atoms with Crippen LogP contribution in [-0.4, -0.2) is 30.1 Å². The molecule has 0 aliphatic heterocycles. The molecular weight excluding hydrogens is 282 g/mol. The molecule has 1 fully saturated rings. The van der Waals surface area contributed by atoms with Gasteiger partial charge in [0.15, 0.2) is 5.96 Å². The Bertz CT molecular complexity index is 484. The Hall–Kier alpha value is -1.10. The van der Waals surface area contributed by atoms with Crippen LogP contribution in [0.3, 0.4) is 0 Å². The highest BCUT2D eigenvalue weighted by Gasteiger charge is 2.25. The monoisotopic (exact) mass is 309 g/mol. The molecule has 1 aliphatic rings. The van der Waals surface area contributed by atoms with Crippen molar-refractivity contribution in [1.29, 1.82) is 0 Å². The summed E-state index contributed by atoms with van der Waals surface area (Å²) in [6, 6.07) is 2.63. The number of furan rings is 1. The zero-order valence-electron chi connectivity index (χ0n) is 13.5. The number of aryl methyl sites for hydroxylation is 2. The second-order valence-corrected chi connectivity index (χ2v) is 7.17. The van der Waals surface area contributed by atoms with Gasteiger partial charge in [-0.3, -0.25) is 4.99 Å². The van der Waals surface area contributed by atoms with Crippen LogP contribution in [0.25, 0.3) is 0 Å². The van der Waals surface area contributed by atoms with Crippen molar-refractivity contribution < 1.29 is 4.42 Å². The van der Waals surface area contributed by atoms with Gasteiger partial charge in [0.2, 0.25) is 0 Å². The molecule has 5 heteroatoms. The molecule has 4 nitrogen and oxygen atoms in total. The van der Waals surface area contributed by atoms with Gasteiger partial charge in [0, 0.05) is 30.4 Å². The minimum Gasteiger partial charge on any atom is -0.466 e. The van der Waals surface area contributed by atoms with Crippen molar-refractivity contribution in [2.75, 3.05) is 12.8 Å². The molecule has 0 aromatic carbocycles.